The maximum absolute atomic E-state index is 5.90. The molecule has 1 aliphatic heterocycles. The van der Waals surface area contributed by atoms with E-state index in [4.69, 9.17) is 16.3 Å². The van der Waals surface area contributed by atoms with E-state index in [2.05, 4.69) is 9.88 Å². The second-order valence-corrected chi connectivity index (χ2v) is 4.65. The van der Waals surface area contributed by atoms with E-state index < -0.39 is 0 Å². The molecule has 2 heterocycles. The molecule has 0 atom stereocenters. The Hall–Kier alpha value is -0.960. The van der Waals surface area contributed by atoms with Crippen molar-refractivity contribution in [2.45, 2.75) is 19.8 Å². The number of aromatic nitrogens is 1. The number of halogens is 1. The highest BCUT2D eigenvalue weighted by Crippen LogP contribution is 2.29. The lowest BCUT2D eigenvalue weighted by molar-refractivity contribution is 0.336. The summed E-state index contributed by atoms with van der Waals surface area (Å²) in [6, 6.07) is 3.90. The third-order valence-corrected chi connectivity index (χ3v) is 3.62. The van der Waals surface area contributed by atoms with Gasteiger partial charge in [0.1, 0.15) is 0 Å². The van der Waals surface area contributed by atoms with Crippen LogP contribution in [0, 0.1) is 5.92 Å². The highest BCUT2D eigenvalue weighted by molar-refractivity contribution is 6.18. The molecule has 0 radical (unpaired) electrons. The number of pyridine rings is 1. The fourth-order valence-electron chi connectivity index (χ4n) is 2.19. The maximum atomic E-state index is 5.90. The minimum absolute atomic E-state index is 0.659. The Morgan fingerprint density at radius 1 is 1.47 bits per heavy atom. The third-order valence-electron chi connectivity index (χ3n) is 3.18. The first-order chi connectivity index (χ1) is 8.35. The van der Waals surface area contributed by atoms with Crippen molar-refractivity contribution in [3.8, 4) is 5.75 Å². The van der Waals surface area contributed by atoms with Gasteiger partial charge in [-0.3, -0.25) is 0 Å². The molecule has 94 valence electrons. The third kappa shape index (κ3) is 3.03. The molecule has 0 spiro atoms. The van der Waals surface area contributed by atoms with Gasteiger partial charge in [0, 0.05) is 25.2 Å². The second-order valence-electron chi connectivity index (χ2n) is 4.34. The molecular formula is C13H19ClN2O. The van der Waals surface area contributed by atoms with Gasteiger partial charge in [0.05, 0.1) is 6.61 Å². The molecule has 0 aromatic carbocycles. The first-order valence-corrected chi connectivity index (χ1v) is 6.77. The largest absolute Gasteiger partial charge is 0.490 e. The van der Waals surface area contributed by atoms with E-state index in [1.165, 1.54) is 0 Å². The monoisotopic (exact) mass is 254 g/mol. The van der Waals surface area contributed by atoms with Gasteiger partial charge < -0.3 is 9.64 Å². The van der Waals surface area contributed by atoms with Crippen LogP contribution in [0.3, 0.4) is 0 Å². The van der Waals surface area contributed by atoms with Gasteiger partial charge in [-0.05, 0) is 37.8 Å². The summed E-state index contributed by atoms with van der Waals surface area (Å²) in [5.41, 5.74) is 0. The summed E-state index contributed by atoms with van der Waals surface area (Å²) in [4.78, 5) is 6.74. The van der Waals surface area contributed by atoms with Crippen LogP contribution >= 0.6 is 11.6 Å². The second kappa shape index (κ2) is 6.10. The van der Waals surface area contributed by atoms with Crippen molar-refractivity contribution in [2.24, 2.45) is 5.92 Å². The van der Waals surface area contributed by atoms with Crippen molar-refractivity contribution in [2.75, 3.05) is 30.5 Å². The normalized spacial score (nSPS) is 17.2. The van der Waals surface area contributed by atoms with E-state index in [0.717, 1.165) is 43.4 Å². The van der Waals surface area contributed by atoms with Crippen LogP contribution in [0.1, 0.15) is 19.8 Å². The van der Waals surface area contributed by atoms with Gasteiger partial charge in [0.15, 0.2) is 11.6 Å². The summed E-state index contributed by atoms with van der Waals surface area (Å²) in [7, 11) is 0. The number of rotatable bonds is 4. The molecule has 0 N–H and O–H groups in total. The van der Waals surface area contributed by atoms with Gasteiger partial charge in [-0.25, -0.2) is 4.98 Å². The Kier molecular flexibility index (Phi) is 4.49. The predicted molar refractivity (Wildman–Crippen MR) is 71.1 cm³/mol. The summed E-state index contributed by atoms with van der Waals surface area (Å²) in [6.07, 6.45) is 4.11. The van der Waals surface area contributed by atoms with E-state index in [-0.39, 0.29) is 0 Å². The lowest BCUT2D eigenvalue weighted by atomic mass is 9.99. The van der Waals surface area contributed by atoms with Crippen LogP contribution in [0.2, 0.25) is 0 Å². The Morgan fingerprint density at radius 2 is 2.24 bits per heavy atom. The first kappa shape index (κ1) is 12.5. The molecule has 0 amide bonds. The standard InChI is InChI=1S/C13H19ClN2O/c1-2-17-12-4-3-7-15-13(12)16-8-5-11(10-14)6-9-16/h3-4,7,11H,2,5-6,8-10H2,1H3. The topological polar surface area (TPSA) is 25.4 Å². The van der Waals surface area contributed by atoms with Crippen molar-refractivity contribution in [3.05, 3.63) is 18.3 Å². The van der Waals surface area contributed by atoms with Gasteiger partial charge >= 0.3 is 0 Å². The number of ether oxygens (including phenoxy) is 1. The van der Waals surface area contributed by atoms with Crippen LogP contribution in [0.5, 0.6) is 5.75 Å². The van der Waals surface area contributed by atoms with Crippen LogP contribution in [0.25, 0.3) is 0 Å². The zero-order chi connectivity index (χ0) is 12.1. The predicted octanol–water partition coefficient (Wildman–Crippen LogP) is 2.94. The van der Waals surface area contributed by atoms with E-state index in [1.807, 2.05) is 25.3 Å². The summed E-state index contributed by atoms with van der Waals surface area (Å²) in [5.74, 6) is 3.29. The molecule has 2 rings (SSSR count). The van der Waals surface area contributed by atoms with Crippen LogP contribution < -0.4 is 9.64 Å². The van der Waals surface area contributed by atoms with E-state index in [1.54, 1.807) is 0 Å². The number of anilines is 1. The molecule has 3 nitrogen and oxygen atoms in total. The zero-order valence-corrected chi connectivity index (χ0v) is 11.0. The SMILES string of the molecule is CCOc1cccnc1N1CCC(CCl)CC1. The number of nitrogens with zero attached hydrogens (tertiary/aromatic N) is 2. The van der Waals surface area contributed by atoms with Crippen molar-refractivity contribution in [1.82, 2.24) is 4.98 Å². The van der Waals surface area contributed by atoms with Gasteiger partial charge in [0.2, 0.25) is 0 Å². The van der Waals surface area contributed by atoms with Crippen LogP contribution in [0.15, 0.2) is 18.3 Å². The van der Waals surface area contributed by atoms with Crippen molar-refractivity contribution >= 4 is 17.4 Å². The number of hydrogen-bond acceptors (Lipinski definition) is 3. The van der Waals surface area contributed by atoms with Gasteiger partial charge in [0.25, 0.3) is 0 Å². The summed E-state index contributed by atoms with van der Waals surface area (Å²) >= 11 is 5.90. The quantitative estimate of drug-likeness (QED) is 0.773. The van der Waals surface area contributed by atoms with Crippen molar-refractivity contribution in [3.63, 3.8) is 0 Å². The first-order valence-electron chi connectivity index (χ1n) is 6.24. The van der Waals surface area contributed by atoms with Crippen LogP contribution in [0.4, 0.5) is 5.82 Å². The van der Waals surface area contributed by atoms with Crippen molar-refractivity contribution < 1.29 is 4.74 Å². The lowest BCUT2D eigenvalue weighted by Crippen LogP contribution is -2.35. The minimum atomic E-state index is 0.659. The Balaban J connectivity index is 2.07. The van der Waals surface area contributed by atoms with Gasteiger partial charge in [-0.2, -0.15) is 0 Å². The molecule has 0 bridgehead atoms. The molecule has 1 aromatic rings. The van der Waals surface area contributed by atoms with E-state index >= 15 is 0 Å². The molecule has 1 aliphatic rings. The molecule has 0 saturated carbocycles. The Labute approximate surface area is 108 Å². The zero-order valence-electron chi connectivity index (χ0n) is 10.2. The summed E-state index contributed by atoms with van der Waals surface area (Å²) < 4.78 is 5.61. The average molecular weight is 255 g/mol. The summed E-state index contributed by atoms with van der Waals surface area (Å²) in [5, 5.41) is 0. The average Bonchev–Trinajstić information content (AvgIpc) is 2.40. The highest BCUT2D eigenvalue weighted by Gasteiger charge is 2.21. The fourth-order valence-corrected chi connectivity index (χ4v) is 2.50. The summed E-state index contributed by atoms with van der Waals surface area (Å²) in [6.45, 7) is 4.72. The number of alkyl halides is 1. The molecule has 17 heavy (non-hydrogen) atoms. The number of hydrogen-bond donors (Lipinski definition) is 0. The minimum Gasteiger partial charge on any atom is -0.490 e. The van der Waals surface area contributed by atoms with Crippen LogP contribution in [-0.2, 0) is 0 Å². The molecule has 1 saturated heterocycles. The Bertz CT molecular complexity index is 351. The van der Waals surface area contributed by atoms with E-state index in [9.17, 15) is 0 Å². The lowest BCUT2D eigenvalue weighted by Gasteiger charge is -2.32. The van der Waals surface area contributed by atoms with Crippen molar-refractivity contribution in [1.29, 1.82) is 0 Å². The molecule has 0 unspecified atom stereocenters. The van der Waals surface area contributed by atoms with E-state index in [0.29, 0.717) is 12.5 Å². The molecule has 1 fully saturated rings. The van der Waals surface area contributed by atoms with Gasteiger partial charge in [-0.1, -0.05) is 0 Å². The smallest absolute Gasteiger partial charge is 0.171 e. The number of piperidine rings is 1. The Morgan fingerprint density at radius 3 is 2.88 bits per heavy atom. The highest BCUT2D eigenvalue weighted by atomic mass is 35.5. The molecule has 1 aromatic heterocycles. The molecule has 4 heteroatoms. The van der Waals surface area contributed by atoms with Crippen LogP contribution in [-0.4, -0.2) is 30.6 Å². The van der Waals surface area contributed by atoms with Gasteiger partial charge in [-0.15, -0.1) is 11.6 Å². The molecular weight excluding hydrogens is 236 g/mol. The maximum Gasteiger partial charge on any atom is 0.171 e. The fraction of sp³-hybridized carbons (Fsp3) is 0.615. The molecule has 0 aliphatic carbocycles.